The molecule has 0 N–H and O–H groups in total. The highest BCUT2D eigenvalue weighted by molar-refractivity contribution is 14.1. The molecule has 0 bridgehead atoms. The van der Waals surface area contributed by atoms with Crippen molar-refractivity contribution in [3.8, 4) is 5.69 Å². The number of benzene rings is 2. The van der Waals surface area contributed by atoms with E-state index in [9.17, 15) is 4.79 Å². The predicted octanol–water partition coefficient (Wildman–Crippen LogP) is 4.29. The Bertz CT molecular complexity index is 874. The van der Waals surface area contributed by atoms with Crippen LogP contribution in [-0.2, 0) is 0 Å². The molecule has 1 atom stereocenters. The zero-order chi connectivity index (χ0) is 15.0. The third-order valence-corrected chi connectivity index (χ3v) is 4.09. The summed E-state index contributed by atoms with van der Waals surface area (Å²) < 4.78 is 2.65. The molecule has 0 radical (unpaired) electrons. The lowest BCUT2D eigenvalue weighted by atomic mass is 10.2. The van der Waals surface area contributed by atoms with E-state index in [0.717, 1.165) is 9.26 Å². The van der Waals surface area contributed by atoms with Gasteiger partial charge in [-0.15, -0.1) is 11.6 Å². The number of halogens is 2. The van der Waals surface area contributed by atoms with Gasteiger partial charge in [-0.3, -0.25) is 9.36 Å². The van der Waals surface area contributed by atoms with E-state index in [1.807, 2.05) is 49.4 Å². The van der Waals surface area contributed by atoms with Gasteiger partial charge in [-0.2, -0.15) is 0 Å². The largest absolute Gasteiger partial charge is 0.268 e. The van der Waals surface area contributed by atoms with Crippen molar-refractivity contribution in [2.24, 2.45) is 0 Å². The zero-order valence-electron chi connectivity index (χ0n) is 11.3. The summed E-state index contributed by atoms with van der Waals surface area (Å²) in [6.45, 7) is 1.82. The maximum Gasteiger partial charge on any atom is 0.266 e. The Morgan fingerprint density at radius 3 is 2.67 bits per heavy atom. The fraction of sp³-hybridized carbons (Fsp3) is 0.125. The lowest BCUT2D eigenvalue weighted by Crippen LogP contribution is -2.24. The number of fused-ring (bicyclic) bond motifs is 1. The number of hydrogen-bond acceptors (Lipinski definition) is 2. The van der Waals surface area contributed by atoms with E-state index in [2.05, 4.69) is 27.6 Å². The van der Waals surface area contributed by atoms with Crippen molar-refractivity contribution in [3.05, 3.63) is 68.3 Å². The van der Waals surface area contributed by atoms with Gasteiger partial charge < -0.3 is 0 Å². The Hall–Kier alpha value is -1.40. The number of aromatic nitrogens is 2. The van der Waals surface area contributed by atoms with Crippen molar-refractivity contribution in [1.29, 1.82) is 0 Å². The van der Waals surface area contributed by atoms with E-state index < -0.39 is 0 Å². The van der Waals surface area contributed by atoms with Gasteiger partial charge in [0.2, 0.25) is 0 Å². The predicted molar refractivity (Wildman–Crippen MR) is 94.3 cm³/mol. The third-order valence-electron chi connectivity index (χ3n) is 3.22. The van der Waals surface area contributed by atoms with E-state index in [0.29, 0.717) is 16.7 Å². The molecule has 21 heavy (non-hydrogen) atoms. The molecule has 0 fully saturated rings. The Morgan fingerprint density at radius 1 is 1.19 bits per heavy atom. The Morgan fingerprint density at radius 2 is 1.95 bits per heavy atom. The monoisotopic (exact) mass is 410 g/mol. The Balaban J connectivity index is 2.42. The first-order valence-corrected chi connectivity index (χ1v) is 8.01. The molecule has 2 aromatic carbocycles. The van der Waals surface area contributed by atoms with E-state index in [4.69, 9.17) is 11.6 Å². The maximum atomic E-state index is 12.8. The van der Waals surface area contributed by atoms with E-state index in [-0.39, 0.29) is 10.9 Å². The van der Waals surface area contributed by atoms with Crippen LogP contribution in [0.15, 0.2) is 53.3 Å². The summed E-state index contributed by atoms with van der Waals surface area (Å²) >= 11 is 8.47. The number of rotatable bonds is 2. The third kappa shape index (κ3) is 2.70. The van der Waals surface area contributed by atoms with Crippen LogP contribution in [0.2, 0.25) is 0 Å². The average molecular weight is 411 g/mol. The van der Waals surface area contributed by atoms with Crippen molar-refractivity contribution in [2.45, 2.75) is 12.3 Å². The highest BCUT2D eigenvalue weighted by Gasteiger charge is 2.16. The highest BCUT2D eigenvalue weighted by atomic mass is 127. The van der Waals surface area contributed by atoms with Crippen molar-refractivity contribution in [2.75, 3.05) is 0 Å². The average Bonchev–Trinajstić information content (AvgIpc) is 2.47. The summed E-state index contributed by atoms with van der Waals surface area (Å²) in [6.07, 6.45) is 0. The van der Waals surface area contributed by atoms with Crippen LogP contribution in [0, 0.1) is 3.57 Å². The quantitative estimate of drug-likeness (QED) is 0.467. The van der Waals surface area contributed by atoms with Gasteiger partial charge in [0.1, 0.15) is 5.82 Å². The molecule has 3 aromatic rings. The maximum absolute atomic E-state index is 12.8. The first kappa shape index (κ1) is 14.5. The topological polar surface area (TPSA) is 34.9 Å². The number of para-hydroxylation sites is 1. The van der Waals surface area contributed by atoms with Gasteiger partial charge in [-0.25, -0.2) is 4.98 Å². The molecule has 0 aliphatic carbocycles. The Kier molecular flexibility index (Phi) is 3.99. The summed E-state index contributed by atoms with van der Waals surface area (Å²) in [4.78, 5) is 17.4. The standard InChI is InChI=1S/C16H12ClIN2O/c1-10(17)15-19-14-8-3-2-7-13(14)16(21)20(15)12-6-4-5-11(18)9-12/h2-10H,1H3. The molecule has 0 aliphatic heterocycles. The lowest BCUT2D eigenvalue weighted by Gasteiger charge is -2.15. The van der Waals surface area contributed by atoms with Crippen LogP contribution in [0.1, 0.15) is 18.1 Å². The van der Waals surface area contributed by atoms with Gasteiger partial charge in [-0.05, 0) is 59.8 Å². The van der Waals surface area contributed by atoms with Crippen molar-refractivity contribution in [1.82, 2.24) is 9.55 Å². The van der Waals surface area contributed by atoms with Crippen LogP contribution >= 0.6 is 34.2 Å². The number of nitrogens with zero attached hydrogens (tertiary/aromatic N) is 2. The molecule has 0 saturated heterocycles. The smallest absolute Gasteiger partial charge is 0.266 e. The summed E-state index contributed by atoms with van der Waals surface area (Å²) in [5, 5.41) is 0.234. The molecule has 3 nitrogen and oxygen atoms in total. The minimum Gasteiger partial charge on any atom is -0.268 e. The van der Waals surface area contributed by atoms with E-state index >= 15 is 0 Å². The lowest BCUT2D eigenvalue weighted by molar-refractivity contribution is 0.815. The molecular formula is C16H12ClIN2O. The van der Waals surface area contributed by atoms with Crippen LogP contribution in [0.5, 0.6) is 0 Å². The molecule has 0 saturated carbocycles. The van der Waals surface area contributed by atoms with Crippen LogP contribution in [0.4, 0.5) is 0 Å². The molecule has 1 heterocycles. The second-order valence-corrected chi connectivity index (χ2v) is 6.62. The SMILES string of the molecule is CC(Cl)c1nc2ccccc2c(=O)n1-c1cccc(I)c1. The summed E-state index contributed by atoms with van der Waals surface area (Å²) in [5.74, 6) is 0.558. The fourth-order valence-corrected chi connectivity index (χ4v) is 2.95. The molecule has 0 amide bonds. The summed E-state index contributed by atoms with van der Waals surface area (Å²) in [7, 11) is 0. The molecule has 5 heteroatoms. The first-order valence-electron chi connectivity index (χ1n) is 6.49. The molecule has 1 aromatic heterocycles. The van der Waals surface area contributed by atoms with Crippen LogP contribution < -0.4 is 5.56 Å². The molecule has 106 valence electrons. The van der Waals surface area contributed by atoms with Gasteiger partial charge in [-0.1, -0.05) is 18.2 Å². The second kappa shape index (κ2) is 5.77. The minimum absolute atomic E-state index is 0.0925. The molecule has 3 rings (SSSR count). The fourth-order valence-electron chi connectivity index (χ4n) is 2.28. The van der Waals surface area contributed by atoms with Crippen LogP contribution in [0.3, 0.4) is 0 Å². The Labute approximate surface area is 140 Å². The number of alkyl halides is 1. The van der Waals surface area contributed by atoms with Crippen LogP contribution in [0.25, 0.3) is 16.6 Å². The van der Waals surface area contributed by atoms with Gasteiger partial charge in [0.15, 0.2) is 0 Å². The summed E-state index contributed by atoms with van der Waals surface area (Å²) in [6, 6.07) is 15.1. The normalized spacial score (nSPS) is 12.5. The molecular weight excluding hydrogens is 399 g/mol. The van der Waals surface area contributed by atoms with Crippen LogP contribution in [-0.4, -0.2) is 9.55 Å². The van der Waals surface area contributed by atoms with Gasteiger partial charge in [0.05, 0.1) is 22.0 Å². The summed E-state index contributed by atoms with van der Waals surface area (Å²) in [5.41, 5.74) is 1.37. The van der Waals surface area contributed by atoms with Gasteiger partial charge >= 0.3 is 0 Å². The molecule has 0 spiro atoms. The van der Waals surface area contributed by atoms with Crippen molar-refractivity contribution < 1.29 is 0 Å². The van der Waals surface area contributed by atoms with E-state index in [1.54, 1.807) is 10.6 Å². The zero-order valence-corrected chi connectivity index (χ0v) is 14.2. The number of hydrogen-bond donors (Lipinski definition) is 0. The highest BCUT2D eigenvalue weighted by Crippen LogP contribution is 2.22. The van der Waals surface area contributed by atoms with Crippen molar-refractivity contribution in [3.63, 3.8) is 0 Å². The van der Waals surface area contributed by atoms with Crippen molar-refractivity contribution >= 4 is 45.1 Å². The molecule has 0 aliphatic rings. The van der Waals surface area contributed by atoms with Gasteiger partial charge in [0.25, 0.3) is 5.56 Å². The first-order chi connectivity index (χ1) is 10.1. The van der Waals surface area contributed by atoms with E-state index in [1.165, 1.54) is 0 Å². The van der Waals surface area contributed by atoms with Gasteiger partial charge in [0, 0.05) is 3.57 Å². The molecule has 1 unspecified atom stereocenters. The minimum atomic E-state index is -0.361. The second-order valence-electron chi connectivity index (χ2n) is 4.72.